The molecule has 1 fully saturated rings. The summed E-state index contributed by atoms with van der Waals surface area (Å²) >= 11 is 0. The molecule has 9 nitrogen and oxygen atoms in total. The fourth-order valence-electron chi connectivity index (χ4n) is 4.07. The molecule has 39 heavy (non-hydrogen) atoms. The molecule has 0 spiro atoms. The second-order valence-electron chi connectivity index (χ2n) is 10.2. The van der Waals surface area contributed by atoms with Gasteiger partial charge in [0, 0.05) is 40.7 Å². The summed E-state index contributed by atoms with van der Waals surface area (Å²) in [6.45, 7) is 5.51. The van der Waals surface area contributed by atoms with Crippen LogP contribution in [0, 0.1) is 24.2 Å². The van der Waals surface area contributed by atoms with Gasteiger partial charge >= 0.3 is 0 Å². The van der Waals surface area contributed by atoms with E-state index in [0.717, 1.165) is 35.1 Å². The van der Waals surface area contributed by atoms with E-state index in [0.29, 0.717) is 28.5 Å². The van der Waals surface area contributed by atoms with Crippen molar-refractivity contribution in [3.63, 3.8) is 0 Å². The van der Waals surface area contributed by atoms with Gasteiger partial charge in [0.1, 0.15) is 5.82 Å². The van der Waals surface area contributed by atoms with Crippen LogP contribution in [0.25, 0.3) is 22.4 Å². The van der Waals surface area contributed by atoms with E-state index in [1.54, 1.807) is 44.4 Å². The molecule has 3 aromatic heterocycles. The van der Waals surface area contributed by atoms with Crippen molar-refractivity contribution in [1.82, 2.24) is 20.2 Å². The summed E-state index contributed by atoms with van der Waals surface area (Å²) in [5.74, 6) is 0.258. The van der Waals surface area contributed by atoms with E-state index in [1.165, 1.54) is 6.20 Å². The van der Waals surface area contributed by atoms with Crippen molar-refractivity contribution in [1.29, 1.82) is 5.26 Å². The molecule has 5 rings (SSSR count). The lowest BCUT2D eigenvalue weighted by Crippen LogP contribution is -2.18. The number of hydrogen-bond acceptors (Lipinski definition) is 7. The summed E-state index contributed by atoms with van der Waals surface area (Å²) in [5, 5.41) is 23.7. The van der Waals surface area contributed by atoms with Crippen LogP contribution in [-0.2, 0) is 10.2 Å². The highest BCUT2D eigenvalue weighted by molar-refractivity contribution is 6.04. The van der Waals surface area contributed by atoms with Crippen LogP contribution in [0.5, 0.6) is 0 Å². The number of aryl methyl sites for hydroxylation is 1. The van der Waals surface area contributed by atoms with Crippen LogP contribution in [0.3, 0.4) is 0 Å². The third-order valence-electron chi connectivity index (χ3n) is 6.66. The van der Waals surface area contributed by atoms with Crippen LogP contribution < -0.4 is 10.6 Å². The summed E-state index contributed by atoms with van der Waals surface area (Å²) in [4.78, 5) is 33.7. The minimum atomic E-state index is -0.808. The summed E-state index contributed by atoms with van der Waals surface area (Å²) in [5.41, 5.74) is 4.89. The van der Waals surface area contributed by atoms with E-state index in [4.69, 9.17) is 0 Å². The van der Waals surface area contributed by atoms with Crippen molar-refractivity contribution < 1.29 is 9.59 Å². The van der Waals surface area contributed by atoms with Gasteiger partial charge in [-0.3, -0.25) is 14.6 Å². The first-order chi connectivity index (χ1) is 18.7. The molecule has 1 aliphatic carbocycles. The minimum Gasteiger partial charge on any atom is -0.322 e. The maximum atomic E-state index is 13.0. The molecule has 0 unspecified atom stereocenters. The monoisotopic (exact) mass is 517 g/mol. The molecule has 0 atom stereocenters. The van der Waals surface area contributed by atoms with Gasteiger partial charge in [0.25, 0.3) is 5.91 Å². The largest absolute Gasteiger partial charge is 0.322 e. The van der Waals surface area contributed by atoms with Crippen molar-refractivity contribution in [3.05, 3.63) is 83.9 Å². The molecule has 0 saturated heterocycles. The summed E-state index contributed by atoms with van der Waals surface area (Å²) in [6, 6.07) is 16.7. The fourth-order valence-corrected chi connectivity index (χ4v) is 4.07. The van der Waals surface area contributed by atoms with Gasteiger partial charge in [-0.25, -0.2) is 4.98 Å². The quantitative estimate of drug-likeness (QED) is 0.339. The average molecular weight is 518 g/mol. The van der Waals surface area contributed by atoms with Crippen LogP contribution in [0.1, 0.15) is 48.3 Å². The van der Waals surface area contributed by atoms with Gasteiger partial charge in [-0.05, 0) is 87.2 Å². The van der Waals surface area contributed by atoms with Gasteiger partial charge in [0.15, 0.2) is 0 Å². The average Bonchev–Trinajstić information content (AvgIpc) is 3.80. The predicted molar refractivity (Wildman–Crippen MR) is 148 cm³/mol. The molecule has 2 N–H and O–H groups in total. The van der Waals surface area contributed by atoms with Crippen molar-refractivity contribution >= 4 is 23.3 Å². The Kier molecular flexibility index (Phi) is 6.86. The van der Waals surface area contributed by atoms with E-state index in [2.05, 4.69) is 36.9 Å². The van der Waals surface area contributed by atoms with Gasteiger partial charge in [-0.1, -0.05) is 6.07 Å². The number of nitriles is 1. The molecular formula is C30H27N7O2. The van der Waals surface area contributed by atoms with Gasteiger partial charge < -0.3 is 10.6 Å². The van der Waals surface area contributed by atoms with Crippen molar-refractivity contribution in [3.8, 4) is 28.5 Å². The number of nitrogens with zero attached hydrogens (tertiary/aromatic N) is 5. The van der Waals surface area contributed by atoms with Crippen molar-refractivity contribution in [2.45, 2.75) is 39.0 Å². The second kappa shape index (κ2) is 10.4. The van der Waals surface area contributed by atoms with E-state index in [-0.39, 0.29) is 17.7 Å². The Morgan fingerprint density at radius 3 is 2.54 bits per heavy atom. The Balaban J connectivity index is 1.38. The third kappa shape index (κ3) is 5.80. The highest BCUT2D eigenvalue weighted by Crippen LogP contribution is 2.31. The Bertz CT molecular complexity index is 1620. The zero-order valence-corrected chi connectivity index (χ0v) is 21.9. The van der Waals surface area contributed by atoms with Crippen LogP contribution >= 0.6 is 0 Å². The lowest BCUT2D eigenvalue weighted by Gasteiger charge is -2.15. The molecule has 2 amide bonds. The Hall–Kier alpha value is -4.97. The molecule has 4 aromatic rings. The zero-order chi connectivity index (χ0) is 27.6. The second-order valence-corrected chi connectivity index (χ2v) is 10.2. The van der Waals surface area contributed by atoms with Gasteiger partial charge in [0.05, 0.1) is 29.1 Å². The first-order valence-electron chi connectivity index (χ1n) is 12.6. The number of nitrogens with one attached hydrogen (secondary N) is 2. The highest BCUT2D eigenvalue weighted by Gasteiger charge is 2.29. The molecule has 194 valence electrons. The lowest BCUT2D eigenvalue weighted by atomic mass is 9.90. The number of hydrogen-bond donors (Lipinski definition) is 2. The normalized spacial score (nSPS) is 12.9. The number of aromatic nitrogens is 4. The SMILES string of the molecule is Cc1ccc(NC(=O)c2ccnc(C(C)(C)C#N)c2)cc1-c1cnnc(-c2ccnc(NC(=O)C3CC3)c2)c1. The number of rotatable bonds is 7. The maximum absolute atomic E-state index is 13.0. The summed E-state index contributed by atoms with van der Waals surface area (Å²) < 4.78 is 0. The number of carbonyl (C=O) groups is 2. The molecule has 1 aliphatic rings. The van der Waals surface area contributed by atoms with Crippen LogP contribution in [0.15, 0.2) is 67.1 Å². The molecule has 1 saturated carbocycles. The molecule has 9 heteroatoms. The van der Waals surface area contributed by atoms with E-state index >= 15 is 0 Å². The molecule has 0 radical (unpaired) electrons. The molecular weight excluding hydrogens is 490 g/mol. The number of carbonyl (C=O) groups excluding carboxylic acids is 2. The first kappa shape index (κ1) is 25.7. The lowest BCUT2D eigenvalue weighted by molar-refractivity contribution is -0.117. The molecule has 1 aromatic carbocycles. The Morgan fingerprint density at radius 2 is 1.77 bits per heavy atom. The number of anilines is 2. The third-order valence-corrected chi connectivity index (χ3v) is 6.66. The van der Waals surface area contributed by atoms with Gasteiger partial charge in [-0.2, -0.15) is 15.5 Å². The summed E-state index contributed by atoms with van der Waals surface area (Å²) in [7, 11) is 0. The maximum Gasteiger partial charge on any atom is 0.255 e. The van der Waals surface area contributed by atoms with Crippen LogP contribution in [0.4, 0.5) is 11.5 Å². The summed E-state index contributed by atoms with van der Waals surface area (Å²) in [6.07, 6.45) is 6.68. The molecule has 3 heterocycles. The topological polar surface area (TPSA) is 134 Å². The van der Waals surface area contributed by atoms with Gasteiger partial charge in [-0.15, -0.1) is 0 Å². The Morgan fingerprint density at radius 1 is 0.974 bits per heavy atom. The smallest absolute Gasteiger partial charge is 0.255 e. The first-order valence-corrected chi connectivity index (χ1v) is 12.6. The van der Waals surface area contributed by atoms with E-state index < -0.39 is 5.41 Å². The van der Waals surface area contributed by atoms with Crippen LogP contribution in [-0.4, -0.2) is 32.0 Å². The molecule has 0 bridgehead atoms. The predicted octanol–water partition coefficient (Wildman–Crippen LogP) is 5.31. The standard InChI is InChI=1S/C30H27N7O2/c1-18-4-7-23(35-29(39)21-9-10-32-26(13-21)30(2,3)17-31)15-24(18)22-12-25(37-34-16-22)20-8-11-33-27(14-20)36-28(38)19-5-6-19/h4,7-16,19H,5-6H2,1-3H3,(H,35,39)(H,33,36,38). The number of amides is 2. The van der Waals surface area contributed by atoms with Gasteiger partial charge in [0.2, 0.25) is 5.91 Å². The van der Waals surface area contributed by atoms with E-state index in [1.807, 2.05) is 37.3 Å². The highest BCUT2D eigenvalue weighted by atomic mass is 16.2. The number of pyridine rings is 2. The van der Waals surface area contributed by atoms with Crippen molar-refractivity contribution in [2.75, 3.05) is 10.6 Å². The fraction of sp³-hybridized carbons (Fsp3) is 0.233. The minimum absolute atomic E-state index is 0.00858. The van der Waals surface area contributed by atoms with Crippen LogP contribution in [0.2, 0.25) is 0 Å². The number of benzene rings is 1. The zero-order valence-electron chi connectivity index (χ0n) is 21.9. The van der Waals surface area contributed by atoms with E-state index in [9.17, 15) is 14.9 Å². The Labute approximate surface area is 226 Å². The van der Waals surface area contributed by atoms with Crippen molar-refractivity contribution in [2.24, 2.45) is 5.92 Å². The molecule has 0 aliphatic heterocycles.